The van der Waals surface area contributed by atoms with Crippen LogP contribution in [-0.2, 0) is 12.7 Å². The molecule has 1 aromatic heterocycles. The van der Waals surface area contributed by atoms with Gasteiger partial charge >= 0.3 is 6.18 Å². The predicted octanol–water partition coefficient (Wildman–Crippen LogP) is 4.50. The molecule has 6 nitrogen and oxygen atoms in total. The molecule has 2 aliphatic rings. The molecule has 1 amide bonds. The third kappa shape index (κ3) is 3.83. The van der Waals surface area contributed by atoms with Crippen molar-refractivity contribution >= 4 is 29.1 Å². The summed E-state index contributed by atoms with van der Waals surface area (Å²) >= 11 is 5.68. The van der Waals surface area contributed by atoms with E-state index in [9.17, 15) is 23.1 Å². The normalized spacial score (nSPS) is 21.7. The van der Waals surface area contributed by atoms with Crippen molar-refractivity contribution in [2.75, 3.05) is 12.4 Å². The molecule has 2 aromatic rings. The Bertz CT molecular complexity index is 991. The van der Waals surface area contributed by atoms with Crippen LogP contribution in [0, 0.1) is 0 Å². The fourth-order valence-corrected chi connectivity index (χ4v) is 4.42. The average Bonchev–Trinajstić information content (AvgIpc) is 2.97. The number of aromatic nitrogens is 2. The van der Waals surface area contributed by atoms with Gasteiger partial charge in [-0.3, -0.25) is 4.79 Å². The summed E-state index contributed by atoms with van der Waals surface area (Å²) in [7, 11) is 1.70. The number of aliphatic hydroxyl groups is 1. The molecule has 160 valence electrons. The molecule has 0 saturated heterocycles. The Morgan fingerprint density at radius 1 is 1.23 bits per heavy atom. The fraction of sp³-hybridized carbons (Fsp3) is 0.450. The van der Waals surface area contributed by atoms with Crippen molar-refractivity contribution < 1.29 is 23.1 Å². The number of carbonyl (C=O) groups is 1. The van der Waals surface area contributed by atoms with Crippen molar-refractivity contribution in [3.63, 3.8) is 0 Å². The molecule has 1 aliphatic carbocycles. The lowest BCUT2D eigenvalue weighted by atomic mass is 9.80. The van der Waals surface area contributed by atoms with E-state index in [1.807, 2.05) is 6.07 Å². The summed E-state index contributed by atoms with van der Waals surface area (Å²) in [4.78, 5) is 21.8. The van der Waals surface area contributed by atoms with E-state index in [0.717, 1.165) is 36.8 Å². The van der Waals surface area contributed by atoms with E-state index in [2.05, 4.69) is 15.3 Å². The zero-order valence-corrected chi connectivity index (χ0v) is 16.9. The van der Waals surface area contributed by atoms with Gasteiger partial charge in [0.1, 0.15) is 10.7 Å². The van der Waals surface area contributed by atoms with Gasteiger partial charge in [-0.05, 0) is 48.8 Å². The van der Waals surface area contributed by atoms with Crippen molar-refractivity contribution in [3.8, 4) is 0 Å². The second-order valence-corrected chi connectivity index (χ2v) is 8.10. The van der Waals surface area contributed by atoms with Gasteiger partial charge in [-0.25, -0.2) is 9.97 Å². The summed E-state index contributed by atoms with van der Waals surface area (Å²) in [5.41, 5.74) is 1.75. The Kier molecular flexibility index (Phi) is 5.36. The molecule has 0 atom stereocenters. The Morgan fingerprint density at radius 2 is 1.93 bits per heavy atom. The first-order valence-electron chi connectivity index (χ1n) is 9.61. The minimum atomic E-state index is -4.65. The predicted molar refractivity (Wildman–Crippen MR) is 105 cm³/mol. The van der Waals surface area contributed by atoms with E-state index in [1.165, 1.54) is 0 Å². The van der Waals surface area contributed by atoms with Gasteiger partial charge in [-0.15, -0.1) is 0 Å². The molecule has 0 unspecified atom stereocenters. The number of fused-ring (bicyclic) bond motifs is 1. The van der Waals surface area contributed by atoms with Gasteiger partial charge in [-0.1, -0.05) is 17.7 Å². The maximum absolute atomic E-state index is 12.9. The van der Waals surface area contributed by atoms with Crippen LogP contribution in [0.5, 0.6) is 0 Å². The van der Waals surface area contributed by atoms with E-state index in [-0.39, 0.29) is 23.9 Å². The largest absolute Gasteiger partial charge is 0.420 e. The van der Waals surface area contributed by atoms with Crippen LogP contribution in [0.15, 0.2) is 18.3 Å². The monoisotopic (exact) mass is 440 g/mol. The number of nitrogens with one attached hydrogen (secondary N) is 1. The van der Waals surface area contributed by atoms with Gasteiger partial charge in [0, 0.05) is 19.8 Å². The number of nitrogens with zero attached hydrogens (tertiary/aromatic N) is 3. The highest BCUT2D eigenvalue weighted by Gasteiger charge is 2.36. The fourth-order valence-electron chi connectivity index (χ4n) is 4.18. The number of alkyl halides is 3. The van der Waals surface area contributed by atoms with Gasteiger partial charge in [0.05, 0.1) is 17.4 Å². The van der Waals surface area contributed by atoms with Crippen LogP contribution in [0.3, 0.4) is 0 Å². The standard InChI is InChI=1S/C20H20ClF3N4O2/c1-28-9-13-12(10-2-4-11(29)5-3-10)6-7-15(16(13)18(28)30)26-19-25-8-14(17(21)27-19)20(22,23)24/h6-8,10-11,29H,2-5,9H2,1H3,(H,25,26,27)/t10-,11-. The van der Waals surface area contributed by atoms with Gasteiger partial charge in [-0.2, -0.15) is 13.2 Å². The number of hydrogen-bond donors (Lipinski definition) is 2. The second kappa shape index (κ2) is 7.70. The molecule has 1 aliphatic heterocycles. The number of anilines is 2. The van der Waals surface area contributed by atoms with Crippen LogP contribution in [0.4, 0.5) is 24.8 Å². The lowest BCUT2D eigenvalue weighted by Crippen LogP contribution is -2.18. The lowest BCUT2D eigenvalue weighted by Gasteiger charge is -2.27. The Balaban J connectivity index is 1.68. The Labute approximate surface area is 176 Å². The first-order valence-corrected chi connectivity index (χ1v) is 9.99. The summed E-state index contributed by atoms with van der Waals surface area (Å²) in [6, 6.07) is 3.66. The number of amides is 1. The van der Waals surface area contributed by atoms with E-state index < -0.39 is 16.9 Å². The summed E-state index contributed by atoms with van der Waals surface area (Å²) in [5.74, 6) is -0.0402. The number of hydrogen-bond acceptors (Lipinski definition) is 5. The van der Waals surface area contributed by atoms with Crippen molar-refractivity contribution in [2.45, 2.75) is 50.4 Å². The summed E-state index contributed by atoms with van der Waals surface area (Å²) in [6.45, 7) is 0.451. The number of halogens is 4. The first-order chi connectivity index (χ1) is 14.1. The molecule has 1 saturated carbocycles. The van der Waals surface area contributed by atoms with Crippen molar-refractivity contribution in [3.05, 3.63) is 45.7 Å². The Hall–Kier alpha value is -2.39. The van der Waals surface area contributed by atoms with E-state index in [4.69, 9.17) is 11.6 Å². The van der Waals surface area contributed by atoms with Gasteiger partial charge in [0.15, 0.2) is 0 Å². The molecular formula is C20H20ClF3N4O2. The van der Waals surface area contributed by atoms with Crippen molar-refractivity contribution in [1.29, 1.82) is 0 Å². The average molecular weight is 441 g/mol. The van der Waals surface area contributed by atoms with E-state index >= 15 is 0 Å². The van der Waals surface area contributed by atoms with Crippen LogP contribution in [0.25, 0.3) is 0 Å². The first kappa shape index (κ1) is 20.9. The zero-order valence-electron chi connectivity index (χ0n) is 16.1. The molecule has 10 heteroatoms. The van der Waals surface area contributed by atoms with Crippen LogP contribution in [-0.4, -0.2) is 39.0 Å². The van der Waals surface area contributed by atoms with Crippen LogP contribution in [0.2, 0.25) is 5.15 Å². The number of benzene rings is 1. The second-order valence-electron chi connectivity index (χ2n) is 7.74. The smallest absolute Gasteiger partial charge is 0.393 e. The Morgan fingerprint density at radius 3 is 2.57 bits per heavy atom. The summed E-state index contributed by atoms with van der Waals surface area (Å²) in [5, 5.41) is 11.9. The lowest BCUT2D eigenvalue weighted by molar-refractivity contribution is -0.137. The van der Waals surface area contributed by atoms with Gasteiger partial charge in [0.2, 0.25) is 5.95 Å². The summed E-state index contributed by atoms with van der Waals surface area (Å²) < 4.78 is 38.6. The van der Waals surface area contributed by atoms with Crippen LogP contribution < -0.4 is 5.32 Å². The minimum Gasteiger partial charge on any atom is -0.393 e. The number of aliphatic hydroxyl groups excluding tert-OH is 1. The zero-order chi connectivity index (χ0) is 21.6. The molecule has 0 bridgehead atoms. The third-order valence-electron chi connectivity index (χ3n) is 5.74. The molecule has 2 heterocycles. The van der Waals surface area contributed by atoms with E-state index in [0.29, 0.717) is 24.0 Å². The number of carbonyl (C=O) groups excluding carboxylic acids is 1. The van der Waals surface area contributed by atoms with Crippen molar-refractivity contribution in [2.24, 2.45) is 0 Å². The van der Waals surface area contributed by atoms with Gasteiger partial charge < -0.3 is 15.3 Å². The molecule has 4 rings (SSSR count). The van der Waals surface area contributed by atoms with Crippen LogP contribution in [0.1, 0.15) is 58.6 Å². The third-order valence-corrected chi connectivity index (χ3v) is 6.02. The molecular weight excluding hydrogens is 421 g/mol. The molecule has 0 spiro atoms. The highest BCUT2D eigenvalue weighted by molar-refractivity contribution is 6.30. The van der Waals surface area contributed by atoms with Gasteiger partial charge in [0.25, 0.3) is 5.91 Å². The highest BCUT2D eigenvalue weighted by Crippen LogP contribution is 2.41. The van der Waals surface area contributed by atoms with E-state index in [1.54, 1.807) is 18.0 Å². The molecule has 2 N–H and O–H groups in total. The summed E-state index contributed by atoms with van der Waals surface area (Å²) in [6.07, 6.45) is -1.17. The van der Waals surface area contributed by atoms with Crippen LogP contribution >= 0.6 is 11.6 Å². The van der Waals surface area contributed by atoms with Crippen molar-refractivity contribution in [1.82, 2.24) is 14.9 Å². The SMILES string of the molecule is CN1Cc2c(c(Nc3ncc(C(F)(F)F)c(Cl)n3)ccc2[C@H]2CC[C@H](O)CC2)C1=O. The molecule has 0 radical (unpaired) electrons. The highest BCUT2D eigenvalue weighted by atomic mass is 35.5. The maximum Gasteiger partial charge on any atom is 0.420 e. The minimum absolute atomic E-state index is 0.119. The topological polar surface area (TPSA) is 78.3 Å². The maximum atomic E-state index is 12.9. The molecule has 1 fully saturated rings. The quantitative estimate of drug-likeness (QED) is 0.687. The number of rotatable bonds is 3. The molecule has 1 aromatic carbocycles. The molecule has 30 heavy (non-hydrogen) atoms.